The van der Waals surface area contributed by atoms with Gasteiger partial charge in [0.1, 0.15) is 19.2 Å². The van der Waals surface area contributed by atoms with Crippen molar-refractivity contribution in [3.63, 3.8) is 0 Å². The summed E-state index contributed by atoms with van der Waals surface area (Å²) in [5.41, 5.74) is 1.41. The molecule has 16 heavy (non-hydrogen) atoms. The van der Waals surface area contributed by atoms with Crippen molar-refractivity contribution in [2.75, 3.05) is 19.6 Å². The second-order valence-electron chi connectivity index (χ2n) is 5.52. The molecule has 3 aliphatic heterocycles. The van der Waals surface area contributed by atoms with Crippen LogP contribution in [-0.2, 0) is 6.54 Å². The van der Waals surface area contributed by atoms with Crippen LogP contribution in [0.5, 0.6) is 0 Å². The zero-order valence-electron chi connectivity index (χ0n) is 9.68. The molecule has 2 nitrogen and oxygen atoms in total. The molecule has 1 atom stereocenters. The number of hydrogen-bond donors (Lipinski definition) is 1. The number of piperidine rings is 3. The van der Waals surface area contributed by atoms with Gasteiger partial charge in [-0.15, -0.1) is 0 Å². The van der Waals surface area contributed by atoms with Crippen molar-refractivity contribution in [2.24, 2.45) is 5.92 Å². The van der Waals surface area contributed by atoms with Gasteiger partial charge < -0.3 is 9.59 Å². The Morgan fingerprint density at radius 3 is 2.44 bits per heavy atom. The number of nitrogens with zero attached hydrogens (tertiary/aromatic N) is 1. The monoisotopic (exact) mass is 218 g/mol. The largest absolute Gasteiger partial charge is 0.387 e. The molecule has 0 unspecified atom stereocenters. The molecule has 0 aromatic heterocycles. The molecular formula is C14H20NO+. The van der Waals surface area contributed by atoms with E-state index in [2.05, 4.69) is 30.3 Å². The van der Waals surface area contributed by atoms with Gasteiger partial charge in [0.25, 0.3) is 0 Å². The van der Waals surface area contributed by atoms with E-state index in [0.29, 0.717) is 5.92 Å². The molecular weight excluding hydrogens is 198 g/mol. The first kappa shape index (κ1) is 10.3. The molecule has 3 fully saturated rings. The summed E-state index contributed by atoms with van der Waals surface area (Å²) in [6.45, 7) is 4.59. The van der Waals surface area contributed by atoms with E-state index in [-0.39, 0.29) is 6.10 Å². The van der Waals surface area contributed by atoms with Crippen LogP contribution in [-0.4, -0.2) is 35.3 Å². The summed E-state index contributed by atoms with van der Waals surface area (Å²) in [4.78, 5) is 0. The fraction of sp³-hybridized carbons (Fsp3) is 0.571. The van der Waals surface area contributed by atoms with Crippen LogP contribution < -0.4 is 0 Å². The van der Waals surface area contributed by atoms with Crippen LogP contribution >= 0.6 is 0 Å². The third kappa shape index (κ3) is 1.76. The highest BCUT2D eigenvalue weighted by Gasteiger charge is 2.44. The highest BCUT2D eigenvalue weighted by Crippen LogP contribution is 2.35. The second-order valence-corrected chi connectivity index (χ2v) is 5.52. The Morgan fingerprint density at radius 1 is 1.12 bits per heavy atom. The number of hydrogen-bond acceptors (Lipinski definition) is 1. The van der Waals surface area contributed by atoms with Gasteiger partial charge in [-0.1, -0.05) is 30.3 Å². The van der Waals surface area contributed by atoms with Crippen molar-refractivity contribution in [1.29, 1.82) is 0 Å². The Bertz CT molecular complexity index is 354. The number of benzene rings is 1. The van der Waals surface area contributed by atoms with Crippen LogP contribution in [0.2, 0.25) is 0 Å². The third-order valence-electron chi connectivity index (χ3n) is 4.43. The number of rotatable bonds is 2. The quantitative estimate of drug-likeness (QED) is 0.750. The molecule has 3 heterocycles. The van der Waals surface area contributed by atoms with Gasteiger partial charge in [0.15, 0.2) is 0 Å². The van der Waals surface area contributed by atoms with E-state index in [4.69, 9.17) is 0 Å². The van der Waals surface area contributed by atoms with Gasteiger partial charge in [-0.2, -0.15) is 0 Å². The fourth-order valence-corrected chi connectivity index (χ4v) is 3.44. The van der Waals surface area contributed by atoms with Gasteiger partial charge in [-0.3, -0.25) is 0 Å². The van der Waals surface area contributed by atoms with Gasteiger partial charge >= 0.3 is 0 Å². The normalized spacial score (nSPS) is 37.6. The number of aliphatic hydroxyl groups excluding tert-OH is 1. The maximum absolute atomic E-state index is 10.0. The SMILES string of the molecule is O[C@@H]1C[N+]2(Cc3ccccc3)CCC1CC2. The van der Waals surface area contributed by atoms with Crippen molar-refractivity contribution in [1.82, 2.24) is 0 Å². The predicted octanol–water partition coefficient (Wildman–Crippen LogP) is 1.79. The molecule has 1 aromatic carbocycles. The maximum Gasteiger partial charge on any atom is 0.106 e. The van der Waals surface area contributed by atoms with Crippen LogP contribution in [0.3, 0.4) is 0 Å². The van der Waals surface area contributed by atoms with Crippen LogP contribution in [0.1, 0.15) is 18.4 Å². The zero-order valence-corrected chi connectivity index (χ0v) is 9.68. The molecule has 86 valence electrons. The summed E-state index contributed by atoms with van der Waals surface area (Å²) in [5.74, 6) is 0.593. The topological polar surface area (TPSA) is 20.2 Å². The molecule has 0 radical (unpaired) electrons. The molecule has 1 aromatic rings. The number of quaternary nitrogens is 1. The molecule has 3 aliphatic rings. The van der Waals surface area contributed by atoms with E-state index in [1.54, 1.807) is 0 Å². The molecule has 1 N–H and O–H groups in total. The lowest BCUT2D eigenvalue weighted by Crippen LogP contribution is -2.62. The lowest BCUT2D eigenvalue weighted by atomic mass is 9.83. The second kappa shape index (κ2) is 3.86. The van der Waals surface area contributed by atoms with E-state index < -0.39 is 0 Å². The highest BCUT2D eigenvalue weighted by molar-refractivity contribution is 5.13. The van der Waals surface area contributed by atoms with Crippen molar-refractivity contribution in [3.8, 4) is 0 Å². The molecule has 0 spiro atoms. The van der Waals surface area contributed by atoms with Crippen molar-refractivity contribution < 1.29 is 9.59 Å². The Hall–Kier alpha value is -0.860. The van der Waals surface area contributed by atoms with Crippen molar-refractivity contribution in [2.45, 2.75) is 25.5 Å². The maximum atomic E-state index is 10.0. The minimum absolute atomic E-state index is 0.0498. The minimum atomic E-state index is -0.0498. The summed E-state index contributed by atoms with van der Waals surface area (Å²) in [5, 5.41) is 10.0. The summed E-state index contributed by atoms with van der Waals surface area (Å²) in [6.07, 6.45) is 2.38. The van der Waals surface area contributed by atoms with Gasteiger partial charge in [0.2, 0.25) is 0 Å². The Labute approximate surface area is 97.1 Å². The van der Waals surface area contributed by atoms with Crippen molar-refractivity contribution >= 4 is 0 Å². The van der Waals surface area contributed by atoms with E-state index in [9.17, 15) is 5.11 Å². The first-order valence-corrected chi connectivity index (χ1v) is 6.35. The Kier molecular flexibility index (Phi) is 2.49. The minimum Gasteiger partial charge on any atom is -0.387 e. The number of fused-ring (bicyclic) bond motifs is 3. The van der Waals surface area contributed by atoms with Gasteiger partial charge in [0.05, 0.1) is 13.1 Å². The molecule has 0 saturated carbocycles. The first-order valence-electron chi connectivity index (χ1n) is 6.35. The average molecular weight is 218 g/mol. The van der Waals surface area contributed by atoms with Crippen LogP contribution in [0.25, 0.3) is 0 Å². The smallest absolute Gasteiger partial charge is 0.106 e. The van der Waals surface area contributed by atoms with E-state index in [0.717, 1.165) is 17.6 Å². The lowest BCUT2D eigenvalue weighted by molar-refractivity contribution is -0.958. The summed E-state index contributed by atoms with van der Waals surface area (Å²) in [7, 11) is 0. The lowest BCUT2D eigenvalue weighted by Gasteiger charge is -2.51. The first-order chi connectivity index (χ1) is 7.77. The van der Waals surface area contributed by atoms with Crippen LogP contribution in [0.15, 0.2) is 30.3 Å². The Morgan fingerprint density at radius 2 is 1.81 bits per heavy atom. The molecule has 0 aliphatic carbocycles. The summed E-state index contributed by atoms with van der Waals surface area (Å²) < 4.78 is 1.11. The molecule has 2 bridgehead atoms. The number of aliphatic hydroxyl groups is 1. The summed E-state index contributed by atoms with van der Waals surface area (Å²) >= 11 is 0. The van der Waals surface area contributed by atoms with Crippen LogP contribution in [0, 0.1) is 5.92 Å². The summed E-state index contributed by atoms with van der Waals surface area (Å²) in [6, 6.07) is 10.7. The zero-order chi connectivity index (χ0) is 11.0. The third-order valence-corrected chi connectivity index (χ3v) is 4.43. The molecule has 0 amide bonds. The predicted molar refractivity (Wildman–Crippen MR) is 63.7 cm³/mol. The van der Waals surface area contributed by atoms with Crippen molar-refractivity contribution in [3.05, 3.63) is 35.9 Å². The van der Waals surface area contributed by atoms with E-state index >= 15 is 0 Å². The standard InChI is InChI=1S/C14H20NO/c16-14-11-15(8-6-13(14)7-9-15)10-12-4-2-1-3-5-12/h1-5,13-14,16H,6-11H2/q+1/t13?,14-,15?/m1/s1. The van der Waals surface area contributed by atoms with Gasteiger partial charge in [-0.25, -0.2) is 0 Å². The van der Waals surface area contributed by atoms with Crippen LogP contribution in [0.4, 0.5) is 0 Å². The molecule has 3 saturated heterocycles. The Balaban J connectivity index is 1.78. The fourth-order valence-electron chi connectivity index (χ4n) is 3.44. The highest BCUT2D eigenvalue weighted by atomic mass is 16.3. The molecule has 2 heteroatoms. The van der Waals surface area contributed by atoms with E-state index in [1.165, 1.54) is 31.5 Å². The average Bonchev–Trinajstić information content (AvgIpc) is 2.31. The van der Waals surface area contributed by atoms with E-state index in [1.807, 2.05) is 0 Å². The van der Waals surface area contributed by atoms with Gasteiger partial charge in [0, 0.05) is 24.3 Å². The van der Waals surface area contributed by atoms with Gasteiger partial charge in [-0.05, 0) is 0 Å². The molecule has 4 rings (SSSR count).